The number of nitrogens with two attached hydrogens (primary N) is 1. The molecule has 1 aliphatic carbocycles. The molecule has 2 aromatic heterocycles. The average Bonchev–Trinajstić information content (AvgIpc) is 3.08. The molecular formula is C14H13ClN4S. The fourth-order valence-corrected chi connectivity index (χ4v) is 3.66. The van der Waals surface area contributed by atoms with Crippen LogP contribution in [0.15, 0.2) is 18.2 Å². The zero-order valence-electron chi connectivity index (χ0n) is 10.9. The van der Waals surface area contributed by atoms with Crippen LogP contribution in [0.25, 0.3) is 21.7 Å². The van der Waals surface area contributed by atoms with E-state index in [0.29, 0.717) is 11.2 Å². The zero-order chi connectivity index (χ0) is 13.9. The molecule has 0 saturated heterocycles. The van der Waals surface area contributed by atoms with Gasteiger partial charge < -0.3 is 10.3 Å². The summed E-state index contributed by atoms with van der Waals surface area (Å²) in [6, 6.07) is 6.36. The number of halogens is 1. The smallest absolute Gasteiger partial charge is 0.180 e. The maximum Gasteiger partial charge on any atom is 0.180 e. The second-order valence-corrected chi connectivity index (χ2v) is 6.55. The van der Waals surface area contributed by atoms with Crippen molar-refractivity contribution in [2.24, 2.45) is 0 Å². The lowest BCUT2D eigenvalue weighted by atomic mass is 10.3. The maximum atomic E-state index is 6.38. The van der Waals surface area contributed by atoms with Crippen LogP contribution < -0.4 is 5.73 Å². The van der Waals surface area contributed by atoms with Gasteiger partial charge in [0.15, 0.2) is 11.0 Å². The van der Waals surface area contributed by atoms with Gasteiger partial charge in [-0.25, -0.2) is 9.97 Å². The van der Waals surface area contributed by atoms with Gasteiger partial charge in [-0.05, 0) is 31.9 Å². The van der Waals surface area contributed by atoms with Crippen LogP contribution >= 0.6 is 22.9 Å². The second-order valence-electron chi connectivity index (χ2n) is 5.11. The van der Waals surface area contributed by atoms with E-state index in [2.05, 4.69) is 9.55 Å². The van der Waals surface area contributed by atoms with Gasteiger partial charge >= 0.3 is 0 Å². The number of fused-ring (bicyclic) bond motifs is 1. The first-order valence-electron chi connectivity index (χ1n) is 6.55. The predicted octanol–water partition coefficient (Wildman–Crippen LogP) is 4.04. The number of anilines is 1. The molecule has 2 N–H and O–H groups in total. The van der Waals surface area contributed by atoms with E-state index in [-0.39, 0.29) is 0 Å². The fourth-order valence-electron chi connectivity index (χ4n) is 2.58. The Bertz CT molecular complexity index is 816. The Morgan fingerprint density at radius 1 is 1.35 bits per heavy atom. The molecule has 0 atom stereocenters. The number of aryl methyl sites for hydroxylation is 1. The first-order valence-corrected chi connectivity index (χ1v) is 7.74. The summed E-state index contributed by atoms with van der Waals surface area (Å²) in [6.07, 6.45) is 2.36. The zero-order valence-corrected chi connectivity index (χ0v) is 12.5. The van der Waals surface area contributed by atoms with Crippen molar-refractivity contribution in [3.8, 4) is 10.7 Å². The van der Waals surface area contributed by atoms with Gasteiger partial charge in [0.25, 0.3) is 0 Å². The van der Waals surface area contributed by atoms with Gasteiger partial charge in [0.2, 0.25) is 0 Å². The molecule has 0 radical (unpaired) electrons. The summed E-state index contributed by atoms with van der Waals surface area (Å²) in [5, 5.41) is 1.33. The third kappa shape index (κ3) is 1.73. The number of imidazole rings is 1. The normalized spacial score (nSPS) is 15.1. The number of benzene rings is 1. The molecule has 102 valence electrons. The fraction of sp³-hybridized carbons (Fsp3) is 0.286. The Morgan fingerprint density at radius 2 is 2.15 bits per heavy atom. The SMILES string of the molecule is Cc1nc(N)sc1-c1nc2cccc(Cl)c2n1C1CC1. The van der Waals surface area contributed by atoms with E-state index in [4.69, 9.17) is 22.3 Å². The summed E-state index contributed by atoms with van der Waals surface area (Å²) in [5.74, 6) is 0.947. The lowest BCUT2D eigenvalue weighted by Gasteiger charge is -2.07. The molecule has 4 nitrogen and oxygen atoms in total. The summed E-state index contributed by atoms with van der Waals surface area (Å²) >= 11 is 7.87. The van der Waals surface area contributed by atoms with E-state index in [1.54, 1.807) is 0 Å². The number of nitrogen functional groups attached to an aromatic ring is 1. The highest BCUT2D eigenvalue weighted by molar-refractivity contribution is 7.18. The monoisotopic (exact) mass is 304 g/mol. The van der Waals surface area contributed by atoms with Crippen molar-refractivity contribution in [3.05, 3.63) is 28.9 Å². The molecule has 0 spiro atoms. The summed E-state index contributed by atoms with van der Waals surface area (Å²) < 4.78 is 2.26. The Morgan fingerprint density at radius 3 is 2.80 bits per heavy atom. The van der Waals surface area contributed by atoms with Crippen LogP contribution in [0.1, 0.15) is 24.6 Å². The largest absolute Gasteiger partial charge is 0.375 e. The van der Waals surface area contributed by atoms with Crippen LogP contribution in [0.2, 0.25) is 5.02 Å². The molecule has 6 heteroatoms. The molecule has 4 rings (SSSR count). The van der Waals surface area contributed by atoms with Crippen molar-refractivity contribution in [2.75, 3.05) is 5.73 Å². The van der Waals surface area contributed by atoms with Gasteiger partial charge in [0.1, 0.15) is 0 Å². The van der Waals surface area contributed by atoms with Gasteiger partial charge in [-0.1, -0.05) is 29.0 Å². The summed E-state index contributed by atoms with van der Waals surface area (Å²) in [6.45, 7) is 1.97. The van der Waals surface area contributed by atoms with Crippen LogP contribution in [0.5, 0.6) is 0 Å². The standard InChI is InChI=1S/C14H13ClN4S/c1-7-12(20-14(16)17-7)13-18-10-4-2-3-9(15)11(10)19(13)8-5-6-8/h2-4,8H,5-6H2,1H3,(H2,16,17). The molecule has 2 heterocycles. The van der Waals surface area contributed by atoms with Crippen molar-refractivity contribution in [1.29, 1.82) is 0 Å². The highest BCUT2D eigenvalue weighted by atomic mass is 35.5. The van der Waals surface area contributed by atoms with Gasteiger partial charge in [-0.2, -0.15) is 0 Å². The quantitative estimate of drug-likeness (QED) is 0.777. The van der Waals surface area contributed by atoms with Crippen molar-refractivity contribution >= 4 is 39.1 Å². The maximum absolute atomic E-state index is 6.38. The van der Waals surface area contributed by atoms with Crippen LogP contribution in [-0.2, 0) is 0 Å². The van der Waals surface area contributed by atoms with E-state index >= 15 is 0 Å². The molecule has 1 saturated carbocycles. The molecule has 0 aliphatic heterocycles. The van der Waals surface area contributed by atoms with Crippen LogP contribution in [-0.4, -0.2) is 14.5 Å². The van der Waals surface area contributed by atoms with Gasteiger partial charge in [0, 0.05) is 6.04 Å². The minimum absolute atomic E-state index is 0.498. The van der Waals surface area contributed by atoms with Crippen molar-refractivity contribution < 1.29 is 0 Å². The molecule has 1 aromatic carbocycles. The lowest BCUT2D eigenvalue weighted by Crippen LogP contribution is -1.97. The van der Waals surface area contributed by atoms with E-state index in [0.717, 1.165) is 32.5 Å². The van der Waals surface area contributed by atoms with Crippen LogP contribution in [0, 0.1) is 6.92 Å². The summed E-state index contributed by atoms with van der Waals surface area (Å²) in [5.41, 5.74) is 8.72. The number of thiazole rings is 1. The van der Waals surface area contributed by atoms with E-state index in [1.165, 1.54) is 24.2 Å². The minimum Gasteiger partial charge on any atom is -0.375 e. The Balaban J connectivity index is 2.06. The van der Waals surface area contributed by atoms with E-state index in [9.17, 15) is 0 Å². The van der Waals surface area contributed by atoms with Crippen molar-refractivity contribution in [1.82, 2.24) is 14.5 Å². The highest BCUT2D eigenvalue weighted by Crippen LogP contribution is 2.44. The molecule has 20 heavy (non-hydrogen) atoms. The van der Waals surface area contributed by atoms with E-state index in [1.807, 2.05) is 25.1 Å². The van der Waals surface area contributed by atoms with Gasteiger partial charge in [-0.15, -0.1) is 0 Å². The number of nitrogens with zero attached hydrogens (tertiary/aromatic N) is 3. The summed E-state index contributed by atoms with van der Waals surface area (Å²) in [7, 11) is 0. The third-order valence-corrected chi connectivity index (χ3v) is 4.88. The van der Waals surface area contributed by atoms with Crippen LogP contribution in [0.3, 0.4) is 0 Å². The molecular weight excluding hydrogens is 292 g/mol. The van der Waals surface area contributed by atoms with Crippen molar-refractivity contribution in [3.63, 3.8) is 0 Å². The third-order valence-electron chi connectivity index (χ3n) is 3.59. The Labute approximate surface area is 125 Å². The molecule has 1 aliphatic rings. The molecule has 0 bridgehead atoms. The first-order chi connectivity index (χ1) is 9.65. The number of para-hydroxylation sites is 1. The second kappa shape index (κ2) is 4.20. The highest BCUT2D eigenvalue weighted by Gasteiger charge is 2.30. The molecule has 3 aromatic rings. The van der Waals surface area contributed by atoms with Gasteiger partial charge in [0.05, 0.1) is 26.6 Å². The minimum atomic E-state index is 0.498. The number of hydrogen-bond acceptors (Lipinski definition) is 4. The molecule has 1 fully saturated rings. The Hall–Kier alpha value is -1.59. The topological polar surface area (TPSA) is 56.7 Å². The van der Waals surface area contributed by atoms with E-state index < -0.39 is 0 Å². The number of rotatable bonds is 2. The molecule has 0 amide bonds. The first kappa shape index (κ1) is 12.2. The average molecular weight is 305 g/mol. The van der Waals surface area contributed by atoms with Gasteiger partial charge in [-0.3, -0.25) is 0 Å². The summed E-state index contributed by atoms with van der Waals surface area (Å²) in [4.78, 5) is 10.1. The molecule has 0 unspecified atom stereocenters. The number of aromatic nitrogens is 3. The lowest BCUT2D eigenvalue weighted by molar-refractivity contribution is 0.776. The van der Waals surface area contributed by atoms with Crippen molar-refractivity contribution in [2.45, 2.75) is 25.8 Å². The Kier molecular flexibility index (Phi) is 2.56. The predicted molar refractivity (Wildman–Crippen MR) is 83.3 cm³/mol. The number of hydrogen-bond donors (Lipinski definition) is 1. The van der Waals surface area contributed by atoms with Crippen LogP contribution in [0.4, 0.5) is 5.13 Å².